The summed E-state index contributed by atoms with van der Waals surface area (Å²) in [5.74, 6) is 0. The fraction of sp³-hybridized carbons (Fsp3) is 0.250. The number of halogens is 3. The van der Waals surface area contributed by atoms with Crippen LogP contribution in [0.3, 0.4) is 0 Å². The van der Waals surface area contributed by atoms with Gasteiger partial charge in [-0.25, -0.2) is 4.98 Å². The zero-order chi connectivity index (χ0) is 11.2. The van der Waals surface area contributed by atoms with Crippen molar-refractivity contribution < 1.29 is 13.2 Å². The van der Waals surface area contributed by atoms with E-state index < -0.39 is 17.4 Å². The second kappa shape index (κ2) is 2.85. The van der Waals surface area contributed by atoms with Gasteiger partial charge >= 0.3 is 6.18 Å². The third-order valence-corrected chi connectivity index (χ3v) is 2.04. The Morgan fingerprint density at radius 3 is 2.60 bits per heavy atom. The number of aromatic nitrogens is 3. The molecule has 0 unspecified atom stereocenters. The topological polar surface area (TPSA) is 39.3 Å². The Morgan fingerprint density at radius 2 is 2.00 bits per heavy atom. The van der Waals surface area contributed by atoms with Gasteiger partial charge in [0, 0.05) is 19.4 Å². The number of alkyl halides is 3. The molecule has 0 bridgehead atoms. The van der Waals surface area contributed by atoms with Gasteiger partial charge in [-0.05, 0) is 0 Å². The molecule has 2 rings (SSSR count). The van der Waals surface area contributed by atoms with Crippen molar-refractivity contribution in [2.24, 2.45) is 7.05 Å². The maximum Gasteiger partial charge on any atom is 0.433 e. The summed E-state index contributed by atoms with van der Waals surface area (Å²) in [4.78, 5) is 14.8. The maximum atomic E-state index is 12.4. The van der Waals surface area contributed by atoms with Crippen LogP contribution in [0.5, 0.6) is 0 Å². The van der Waals surface area contributed by atoms with Crippen molar-refractivity contribution in [2.45, 2.75) is 6.18 Å². The second-order valence-electron chi connectivity index (χ2n) is 3.05. The van der Waals surface area contributed by atoms with Gasteiger partial charge in [0.1, 0.15) is 5.69 Å². The zero-order valence-corrected chi connectivity index (χ0v) is 7.62. The zero-order valence-electron chi connectivity index (χ0n) is 7.62. The van der Waals surface area contributed by atoms with Crippen LogP contribution in [-0.2, 0) is 13.2 Å². The molecule has 0 amide bonds. The van der Waals surface area contributed by atoms with Crippen LogP contribution in [0.4, 0.5) is 13.2 Å². The summed E-state index contributed by atoms with van der Waals surface area (Å²) in [6.45, 7) is 0. The number of rotatable bonds is 0. The normalized spacial score (nSPS) is 12.3. The molecule has 0 N–H and O–H groups in total. The Bertz CT molecular complexity index is 566. The van der Waals surface area contributed by atoms with Crippen LogP contribution >= 0.6 is 0 Å². The van der Waals surface area contributed by atoms with E-state index in [9.17, 15) is 18.0 Å². The van der Waals surface area contributed by atoms with Crippen LogP contribution in [0.1, 0.15) is 5.69 Å². The van der Waals surface area contributed by atoms with E-state index in [0.29, 0.717) is 6.20 Å². The van der Waals surface area contributed by atoms with Gasteiger partial charge < -0.3 is 4.57 Å². The standard InChI is InChI=1S/C8H6F3N3O/c1-13-2-3-14-5(8(9,10)11)4-12-6(14)7(13)15/h2-4H,1H3. The molecule has 7 heteroatoms. The van der Waals surface area contributed by atoms with Crippen molar-refractivity contribution in [3.63, 3.8) is 0 Å². The van der Waals surface area contributed by atoms with Crippen molar-refractivity contribution in [1.82, 2.24) is 14.0 Å². The van der Waals surface area contributed by atoms with Crippen LogP contribution in [0.15, 0.2) is 23.4 Å². The number of hydrogen-bond acceptors (Lipinski definition) is 2. The average Bonchev–Trinajstić information content (AvgIpc) is 2.54. The number of hydrogen-bond donors (Lipinski definition) is 0. The van der Waals surface area contributed by atoms with Crippen LogP contribution in [0, 0.1) is 0 Å². The summed E-state index contributed by atoms with van der Waals surface area (Å²) in [5.41, 5.74) is -1.74. The van der Waals surface area contributed by atoms with E-state index in [1.807, 2.05) is 0 Å². The van der Waals surface area contributed by atoms with E-state index in [2.05, 4.69) is 4.98 Å². The molecule has 0 saturated heterocycles. The smallest absolute Gasteiger partial charge is 0.314 e. The highest BCUT2D eigenvalue weighted by molar-refractivity contribution is 5.38. The van der Waals surface area contributed by atoms with Crippen molar-refractivity contribution in [3.05, 3.63) is 34.6 Å². The molecular formula is C8H6F3N3O. The molecule has 0 fully saturated rings. The minimum Gasteiger partial charge on any atom is -0.314 e. The van der Waals surface area contributed by atoms with E-state index in [4.69, 9.17) is 0 Å². The molecule has 2 aromatic heterocycles. The van der Waals surface area contributed by atoms with Crippen molar-refractivity contribution in [2.75, 3.05) is 0 Å². The molecule has 80 valence electrons. The molecule has 0 saturated carbocycles. The lowest BCUT2D eigenvalue weighted by molar-refractivity contribution is -0.141. The minimum absolute atomic E-state index is 0.229. The lowest BCUT2D eigenvalue weighted by Crippen LogP contribution is -2.20. The Labute approximate surface area is 81.6 Å². The lowest BCUT2D eigenvalue weighted by Gasteiger charge is -2.05. The van der Waals surface area contributed by atoms with E-state index in [-0.39, 0.29) is 5.65 Å². The van der Waals surface area contributed by atoms with Crippen LogP contribution in [-0.4, -0.2) is 14.0 Å². The first-order valence-electron chi connectivity index (χ1n) is 4.01. The summed E-state index contributed by atoms with van der Waals surface area (Å²) in [6.07, 6.45) is -1.44. The molecule has 0 aliphatic carbocycles. The van der Waals surface area contributed by atoms with Crippen molar-refractivity contribution >= 4 is 5.65 Å². The summed E-state index contributed by atoms with van der Waals surface area (Å²) in [6, 6.07) is 0. The first-order valence-corrected chi connectivity index (χ1v) is 4.01. The number of fused-ring (bicyclic) bond motifs is 1. The fourth-order valence-electron chi connectivity index (χ4n) is 1.27. The van der Waals surface area contributed by atoms with Gasteiger partial charge in [-0.2, -0.15) is 13.2 Å². The molecule has 0 radical (unpaired) electrons. The first-order chi connectivity index (χ1) is 6.91. The number of nitrogens with zero attached hydrogens (tertiary/aromatic N) is 3. The van der Waals surface area contributed by atoms with Gasteiger partial charge in [-0.15, -0.1) is 0 Å². The third kappa shape index (κ3) is 1.39. The Kier molecular flexibility index (Phi) is 1.85. The van der Waals surface area contributed by atoms with E-state index in [1.165, 1.54) is 17.8 Å². The molecule has 0 aromatic carbocycles. The van der Waals surface area contributed by atoms with Crippen molar-refractivity contribution in [1.29, 1.82) is 0 Å². The highest BCUT2D eigenvalue weighted by atomic mass is 19.4. The molecule has 0 atom stereocenters. The first kappa shape index (κ1) is 9.75. The minimum atomic E-state index is -4.51. The van der Waals surface area contributed by atoms with Crippen LogP contribution < -0.4 is 5.56 Å². The Hall–Kier alpha value is -1.79. The highest BCUT2D eigenvalue weighted by Gasteiger charge is 2.34. The second-order valence-corrected chi connectivity index (χ2v) is 3.05. The van der Waals surface area contributed by atoms with Crippen molar-refractivity contribution in [3.8, 4) is 0 Å². The van der Waals surface area contributed by atoms with Gasteiger partial charge in [0.25, 0.3) is 5.56 Å². The molecule has 2 heterocycles. The quantitative estimate of drug-likeness (QED) is 0.661. The van der Waals surface area contributed by atoms with Gasteiger partial charge in [-0.1, -0.05) is 0 Å². The van der Waals surface area contributed by atoms with Crippen LogP contribution in [0.2, 0.25) is 0 Å². The SMILES string of the molecule is Cn1ccn2c(C(F)(F)F)cnc2c1=O. The Balaban J connectivity index is 2.84. The predicted molar refractivity (Wildman–Crippen MR) is 45.4 cm³/mol. The molecule has 0 spiro atoms. The molecular weight excluding hydrogens is 211 g/mol. The third-order valence-electron chi connectivity index (χ3n) is 2.04. The molecule has 2 aromatic rings. The molecule has 0 aliphatic heterocycles. The number of imidazole rings is 1. The van der Waals surface area contributed by atoms with Gasteiger partial charge in [0.05, 0.1) is 6.20 Å². The Morgan fingerprint density at radius 1 is 1.33 bits per heavy atom. The van der Waals surface area contributed by atoms with Gasteiger partial charge in [0.2, 0.25) is 5.65 Å². The fourth-order valence-corrected chi connectivity index (χ4v) is 1.27. The van der Waals surface area contributed by atoms with Crippen LogP contribution in [0.25, 0.3) is 5.65 Å². The van der Waals surface area contributed by atoms with E-state index >= 15 is 0 Å². The number of aryl methyl sites for hydroxylation is 1. The average molecular weight is 217 g/mol. The predicted octanol–water partition coefficient (Wildman–Crippen LogP) is 1.05. The molecule has 15 heavy (non-hydrogen) atoms. The highest BCUT2D eigenvalue weighted by Crippen LogP contribution is 2.28. The largest absolute Gasteiger partial charge is 0.433 e. The maximum absolute atomic E-state index is 12.4. The van der Waals surface area contributed by atoms with Gasteiger partial charge in [0.15, 0.2) is 0 Å². The monoisotopic (exact) mass is 217 g/mol. The summed E-state index contributed by atoms with van der Waals surface area (Å²) in [5, 5.41) is 0. The van der Waals surface area contributed by atoms with E-state index in [1.54, 1.807) is 0 Å². The van der Waals surface area contributed by atoms with E-state index in [0.717, 1.165) is 10.6 Å². The summed E-state index contributed by atoms with van der Waals surface area (Å²) >= 11 is 0. The molecule has 0 aliphatic rings. The summed E-state index contributed by atoms with van der Waals surface area (Å²) in [7, 11) is 1.45. The summed E-state index contributed by atoms with van der Waals surface area (Å²) < 4.78 is 39.1. The lowest BCUT2D eigenvalue weighted by atomic mass is 10.4. The van der Waals surface area contributed by atoms with Gasteiger partial charge in [-0.3, -0.25) is 9.20 Å². The molecule has 4 nitrogen and oxygen atoms in total.